The van der Waals surface area contributed by atoms with Crippen LogP contribution in [0.3, 0.4) is 0 Å². The van der Waals surface area contributed by atoms with Gasteiger partial charge in [0.2, 0.25) is 0 Å². The fourth-order valence-electron chi connectivity index (χ4n) is 4.20. The van der Waals surface area contributed by atoms with Crippen molar-refractivity contribution in [2.75, 3.05) is 6.61 Å². The molecule has 0 saturated carbocycles. The number of allylic oxidation sites excluding steroid dienone is 1. The van der Waals surface area contributed by atoms with Gasteiger partial charge in [-0.1, -0.05) is 47.2 Å². The summed E-state index contributed by atoms with van der Waals surface area (Å²) in [7, 11) is 0. The highest BCUT2D eigenvalue weighted by Gasteiger charge is 2.35. The van der Waals surface area contributed by atoms with Crippen LogP contribution in [0.5, 0.6) is 0 Å². The third-order valence-corrected chi connectivity index (χ3v) is 7.16. The van der Waals surface area contributed by atoms with Gasteiger partial charge in [-0.3, -0.25) is 19.5 Å². The van der Waals surface area contributed by atoms with E-state index in [0.717, 1.165) is 5.56 Å². The van der Waals surface area contributed by atoms with E-state index in [2.05, 4.69) is 4.99 Å². The number of benzene rings is 2. The third-order valence-electron chi connectivity index (χ3n) is 5.92. The molecule has 0 aliphatic carbocycles. The number of hydrogen-bond donors (Lipinski definition) is 0. The summed E-state index contributed by atoms with van der Waals surface area (Å²) in [6.07, 6.45) is 1.73. The first kappa shape index (κ1) is 25.4. The molecule has 0 unspecified atom stereocenters. The summed E-state index contributed by atoms with van der Waals surface area (Å²) in [6.45, 7) is 3.51. The first-order valence-corrected chi connectivity index (χ1v) is 12.8. The van der Waals surface area contributed by atoms with Gasteiger partial charge >= 0.3 is 5.97 Å². The highest BCUT2D eigenvalue weighted by Crippen LogP contribution is 2.34. The minimum Gasteiger partial charge on any atom is -0.463 e. The molecule has 192 valence electrons. The maximum Gasteiger partial charge on any atom is 0.338 e. The number of thiazole rings is 1. The predicted octanol–water partition coefficient (Wildman–Crippen LogP) is 4.62. The van der Waals surface area contributed by atoms with Crippen molar-refractivity contribution in [1.82, 2.24) is 4.57 Å². The lowest BCUT2D eigenvalue weighted by atomic mass is 10.0. The first-order chi connectivity index (χ1) is 18.3. The number of aromatic nitrogens is 1. The van der Waals surface area contributed by atoms with Gasteiger partial charge < -0.3 is 9.15 Å². The molecule has 2 aromatic heterocycles. The molecule has 11 heteroatoms. The van der Waals surface area contributed by atoms with Gasteiger partial charge in [0.15, 0.2) is 4.80 Å². The van der Waals surface area contributed by atoms with Crippen LogP contribution in [0.2, 0.25) is 5.02 Å². The molecule has 0 fully saturated rings. The first-order valence-electron chi connectivity index (χ1n) is 11.6. The summed E-state index contributed by atoms with van der Waals surface area (Å²) in [5.74, 6) is 0.0342. The fraction of sp³-hybridized carbons (Fsp3) is 0.148. The average Bonchev–Trinajstić information content (AvgIpc) is 3.50. The van der Waals surface area contributed by atoms with Crippen molar-refractivity contribution in [2.24, 2.45) is 4.99 Å². The SMILES string of the molecule is CCOC(=O)C1=C(C)N=c2s/c(=C\c3ccc(Cl)cc3)c(=O)n2[C@H]1c1ccc(-c2cccc([N+](=O)[O-])c2)o1. The van der Waals surface area contributed by atoms with Crippen molar-refractivity contribution in [3.8, 4) is 11.3 Å². The molecular weight excluding hydrogens is 530 g/mol. The highest BCUT2D eigenvalue weighted by molar-refractivity contribution is 7.07. The number of carbonyl (C=O) groups is 1. The maximum absolute atomic E-state index is 13.7. The number of furan rings is 1. The Morgan fingerprint density at radius 1 is 1.24 bits per heavy atom. The lowest BCUT2D eigenvalue weighted by Gasteiger charge is -2.22. The number of non-ortho nitro benzene ring substituents is 1. The van der Waals surface area contributed by atoms with Crippen LogP contribution in [-0.2, 0) is 9.53 Å². The molecule has 2 aromatic carbocycles. The highest BCUT2D eigenvalue weighted by atomic mass is 35.5. The van der Waals surface area contributed by atoms with E-state index in [1.54, 1.807) is 68.5 Å². The molecular formula is C27H20ClN3O6S. The van der Waals surface area contributed by atoms with Crippen LogP contribution >= 0.6 is 22.9 Å². The monoisotopic (exact) mass is 549 g/mol. The number of nitro benzene ring substituents is 1. The van der Waals surface area contributed by atoms with Crippen molar-refractivity contribution in [1.29, 1.82) is 0 Å². The molecule has 1 aliphatic heterocycles. The predicted molar refractivity (Wildman–Crippen MR) is 143 cm³/mol. The molecule has 38 heavy (non-hydrogen) atoms. The van der Waals surface area contributed by atoms with Crippen molar-refractivity contribution >= 4 is 40.7 Å². The largest absolute Gasteiger partial charge is 0.463 e. The van der Waals surface area contributed by atoms with Gasteiger partial charge in [-0.25, -0.2) is 9.79 Å². The van der Waals surface area contributed by atoms with Gasteiger partial charge in [0.05, 0.1) is 27.3 Å². The number of ether oxygens (including phenoxy) is 1. The number of halogens is 1. The second kappa shape index (κ2) is 10.2. The van der Waals surface area contributed by atoms with E-state index in [1.807, 2.05) is 0 Å². The van der Waals surface area contributed by atoms with Gasteiger partial charge in [-0.05, 0) is 49.8 Å². The van der Waals surface area contributed by atoms with Crippen LogP contribution in [0, 0.1) is 10.1 Å². The second-order valence-corrected chi connectivity index (χ2v) is 9.81. The topological polar surface area (TPSA) is 117 Å². The van der Waals surface area contributed by atoms with Crippen molar-refractivity contribution in [3.63, 3.8) is 0 Å². The summed E-state index contributed by atoms with van der Waals surface area (Å²) in [6, 6.07) is 15.4. The quantitative estimate of drug-likeness (QED) is 0.197. The normalized spacial score (nSPS) is 15.2. The van der Waals surface area contributed by atoms with E-state index in [9.17, 15) is 19.7 Å². The fourth-order valence-corrected chi connectivity index (χ4v) is 5.37. The summed E-state index contributed by atoms with van der Waals surface area (Å²) in [5, 5.41) is 11.8. The van der Waals surface area contributed by atoms with E-state index in [0.29, 0.717) is 37.1 Å². The number of nitro groups is 1. The Bertz CT molecular complexity index is 1780. The Balaban J connectivity index is 1.67. The van der Waals surface area contributed by atoms with Crippen LogP contribution in [-0.4, -0.2) is 22.1 Å². The van der Waals surface area contributed by atoms with Crippen LogP contribution in [0.1, 0.15) is 31.2 Å². The molecule has 0 N–H and O–H groups in total. The van der Waals surface area contributed by atoms with Crippen LogP contribution < -0.4 is 14.9 Å². The van der Waals surface area contributed by atoms with Gasteiger partial charge in [0, 0.05) is 22.7 Å². The third kappa shape index (κ3) is 4.71. The minimum atomic E-state index is -0.940. The maximum atomic E-state index is 13.7. The zero-order chi connectivity index (χ0) is 27.0. The number of esters is 1. The Morgan fingerprint density at radius 2 is 2.00 bits per heavy atom. The zero-order valence-corrected chi connectivity index (χ0v) is 21.8. The molecule has 0 amide bonds. The zero-order valence-electron chi connectivity index (χ0n) is 20.2. The summed E-state index contributed by atoms with van der Waals surface area (Å²) >= 11 is 7.18. The number of nitrogens with zero attached hydrogens (tertiary/aromatic N) is 3. The summed E-state index contributed by atoms with van der Waals surface area (Å²) in [5.41, 5.74) is 1.41. The lowest BCUT2D eigenvalue weighted by molar-refractivity contribution is -0.384. The van der Waals surface area contributed by atoms with Crippen LogP contribution in [0.25, 0.3) is 17.4 Å². The number of hydrogen-bond acceptors (Lipinski definition) is 8. The Hall–Kier alpha value is -4.28. The van der Waals surface area contributed by atoms with Crippen LogP contribution in [0.4, 0.5) is 5.69 Å². The lowest BCUT2D eigenvalue weighted by Crippen LogP contribution is -2.39. The van der Waals surface area contributed by atoms with Gasteiger partial charge in [-0.15, -0.1) is 0 Å². The van der Waals surface area contributed by atoms with Gasteiger partial charge in [0.1, 0.15) is 17.6 Å². The Labute approximate surface area is 224 Å². The molecule has 1 aliphatic rings. The van der Waals surface area contributed by atoms with Crippen LogP contribution in [0.15, 0.2) is 86.1 Å². The summed E-state index contributed by atoms with van der Waals surface area (Å²) in [4.78, 5) is 42.4. The standard InChI is InChI=1S/C27H20ClN3O6S/c1-3-36-26(33)23-15(2)29-27-30(25(32)22(38-27)13-16-7-9-18(28)10-8-16)24(23)21-12-11-20(37-21)17-5-4-6-19(14-17)31(34)35/h4-14,24H,3H2,1-2H3/b22-13-/t24-/m0/s1. The number of fused-ring (bicyclic) bond motifs is 1. The average molecular weight is 550 g/mol. The molecule has 0 bridgehead atoms. The molecule has 0 radical (unpaired) electrons. The number of rotatable bonds is 6. The second-order valence-electron chi connectivity index (χ2n) is 8.36. The Morgan fingerprint density at radius 3 is 2.71 bits per heavy atom. The molecule has 0 saturated heterocycles. The molecule has 5 rings (SSSR count). The van der Waals surface area contributed by atoms with E-state index in [-0.39, 0.29) is 23.4 Å². The van der Waals surface area contributed by atoms with Gasteiger partial charge in [-0.2, -0.15) is 0 Å². The Kier molecular flexibility index (Phi) is 6.83. The van der Waals surface area contributed by atoms with Gasteiger partial charge in [0.25, 0.3) is 11.2 Å². The van der Waals surface area contributed by atoms with Crippen molar-refractivity contribution in [3.05, 3.63) is 118 Å². The molecule has 4 aromatic rings. The smallest absolute Gasteiger partial charge is 0.338 e. The molecule has 0 spiro atoms. The van der Waals surface area contributed by atoms with E-state index in [4.69, 9.17) is 20.8 Å². The molecule has 9 nitrogen and oxygen atoms in total. The minimum absolute atomic E-state index is 0.0846. The van der Waals surface area contributed by atoms with E-state index < -0.39 is 16.9 Å². The van der Waals surface area contributed by atoms with E-state index in [1.165, 1.54) is 28.0 Å². The van der Waals surface area contributed by atoms with E-state index >= 15 is 0 Å². The van der Waals surface area contributed by atoms with Crippen molar-refractivity contribution < 1.29 is 18.9 Å². The summed E-state index contributed by atoms with van der Waals surface area (Å²) < 4.78 is 13.3. The number of carbonyl (C=O) groups excluding carboxylic acids is 1. The van der Waals surface area contributed by atoms with Crippen molar-refractivity contribution in [2.45, 2.75) is 19.9 Å². The molecule has 1 atom stereocenters. The molecule has 3 heterocycles.